The molecule has 0 bridgehead atoms. The molecule has 0 radical (unpaired) electrons. The second-order valence-electron chi connectivity index (χ2n) is 8.16. The zero-order valence-electron chi connectivity index (χ0n) is 18.5. The van der Waals surface area contributed by atoms with Crippen molar-refractivity contribution in [2.75, 3.05) is 0 Å². The van der Waals surface area contributed by atoms with Gasteiger partial charge in [0.15, 0.2) is 5.65 Å². The van der Waals surface area contributed by atoms with Gasteiger partial charge >= 0.3 is 0 Å². The van der Waals surface area contributed by atoms with Crippen LogP contribution in [-0.4, -0.2) is 14.5 Å². The van der Waals surface area contributed by atoms with E-state index in [1.807, 2.05) is 43.5 Å². The molecule has 0 spiro atoms. The number of hydrogen-bond donors (Lipinski definition) is 0. The highest BCUT2D eigenvalue weighted by Crippen LogP contribution is 2.38. The number of nitrogens with zero attached hydrogens (tertiary/aromatic N) is 4. The van der Waals surface area contributed by atoms with Gasteiger partial charge < -0.3 is 9.30 Å². The number of rotatable bonds is 3. The molecule has 1 aliphatic heterocycles. The van der Waals surface area contributed by atoms with Crippen molar-refractivity contribution in [2.45, 2.75) is 40.3 Å². The molecule has 32 heavy (non-hydrogen) atoms. The lowest BCUT2D eigenvalue weighted by atomic mass is 9.90. The summed E-state index contributed by atoms with van der Waals surface area (Å²) in [6.07, 6.45) is 2.69. The van der Waals surface area contributed by atoms with E-state index in [1.165, 1.54) is 0 Å². The minimum atomic E-state index is 0.463. The van der Waals surface area contributed by atoms with E-state index in [0.717, 1.165) is 62.5 Å². The lowest BCUT2D eigenvalue weighted by Crippen LogP contribution is -2.07. The zero-order chi connectivity index (χ0) is 22.2. The van der Waals surface area contributed by atoms with Crippen molar-refractivity contribution in [2.24, 2.45) is 0 Å². The van der Waals surface area contributed by atoms with Gasteiger partial charge in [-0.25, -0.2) is 9.97 Å². The van der Waals surface area contributed by atoms with Gasteiger partial charge in [-0.1, -0.05) is 37.3 Å². The summed E-state index contributed by atoms with van der Waals surface area (Å²) in [5, 5.41) is 9.67. The van der Waals surface area contributed by atoms with Crippen molar-refractivity contribution in [1.29, 1.82) is 5.26 Å². The molecule has 2 aromatic heterocycles. The summed E-state index contributed by atoms with van der Waals surface area (Å²) in [5.74, 6) is 1.84. The lowest BCUT2D eigenvalue weighted by molar-refractivity contribution is 0.307. The van der Waals surface area contributed by atoms with Crippen LogP contribution in [0.4, 0.5) is 0 Å². The molecule has 1 aliphatic rings. The quantitative estimate of drug-likeness (QED) is 0.405. The van der Waals surface area contributed by atoms with Crippen LogP contribution in [0.1, 0.15) is 47.5 Å². The molecular weight excluding hydrogens is 396 g/mol. The number of imidazole rings is 1. The highest BCUT2D eigenvalue weighted by atomic mass is 16.5. The fourth-order valence-electron chi connectivity index (χ4n) is 4.47. The first-order chi connectivity index (χ1) is 15.6. The SMILES string of the molecule is CCc1nc2c(C)ccnc2n1Cc1ccc2c(c1)COc1ccccc1/C2=C(/C)C#N. The second-order valence-corrected chi connectivity index (χ2v) is 8.16. The average molecular weight is 421 g/mol. The summed E-state index contributed by atoms with van der Waals surface area (Å²) < 4.78 is 8.35. The third kappa shape index (κ3) is 3.25. The van der Waals surface area contributed by atoms with Crippen LogP contribution in [0.2, 0.25) is 0 Å². The lowest BCUT2D eigenvalue weighted by Gasteiger charge is -2.13. The summed E-state index contributed by atoms with van der Waals surface area (Å²) in [7, 11) is 0. The second kappa shape index (κ2) is 7.97. The van der Waals surface area contributed by atoms with Crippen molar-refractivity contribution in [3.8, 4) is 11.8 Å². The van der Waals surface area contributed by atoms with Crippen LogP contribution < -0.4 is 4.74 Å². The van der Waals surface area contributed by atoms with E-state index in [4.69, 9.17) is 9.72 Å². The Labute approximate surface area is 187 Å². The van der Waals surface area contributed by atoms with Crippen LogP contribution in [0.5, 0.6) is 5.75 Å². The first kappa shape index (κ1) is 20.0. The number of benzene rings is 2. The smallest absolute Gasteiger partial charge is 0.160 e. The molecular formula is C27H24N4O. The maximum atomic E-state index is 9.67. The number of ether oxygens (including phenoxy) is 1. The minimum Gasteiger partial charge on any atom is -0.488 e. The summed E-state index contributed by atoms with van der Waals surface area (Å²) in [6.45, 7) is 7.21. The topological polar surface area (TPSA) is 63.7 Å². The third-order valence-electron chi connectivity index (χ3n) is 6.09. The van der Waals surface area contributed by atoms with Crippen molar-refractivity contribution in [3.63, 3.8) is 0 Å². The number of fused-ring (bicyclic) bond motifs is 3. The highest BCUT2D eigenvalue weighted by molar-refractivity contribution is 5.88. The van der Waals surface area contributed by atoms with E-state index in [-0.39, 0.29) is 0 Å². The fraction of sp³-hybridized carbons (Fsp3) is 0.222. The molecule has 158 valence electrons. The van der Waals surface area contributed by atoms with Crippen molar-refractivity contribution in [3.05, 3.63) is 93.9 Å². The number of pyridine rings is 1. The van der Waals surface area contributed by atoms with Crippen molar-refractivity contribution >= 4 is 16.7 Å². The highest BCUT2D eigenvalue weighted by Gasteiger charge is 2.22. The van der Waals surface area contributed by atoms with Crippen LogP contribution in [0.25, 0.3) is 16.7 Å². The van der Waals surface area contributed by atoms with Crippen LogP contribution in [0.15, 0.2) is 60.3 Å². The summed E-state index contributed by atoms with van der Waals surface area (Å²) in [6, 6.07) is 18.7. The number of aromatic nitrogens is 3. The standard InChI is InChI=1S/C27H24N4O/c1-4-24-30-26-17(2)11-12-29-27(26)31(24)15-19-9-10-21-20(13-19)16-32-23-8-6-5-7-22(23)25(21)18(3)14-28/h5-13H,4,15-16H2,1-3H3/b25-18-. The van der Waals surface area contributed by atoms with Gasteiger partial charge in [-0.2, -0.15) is 5.26 Å². The van der Waals surface area contributed by atoms with Gasteiger partial charge in [0.2, 0.25) is 0 Å². The number of allylic oxidation sites excluding steroid dienone is 1. The number of aryl methyl sites for hydroxylation is 2. The van der Waals surface area contributed by atoms with E-state index >= 15 is 0 Å². The molecule has 0 unspecified atom stereocenters. The molecule has 3 heterocycles. The fourth-order valence-corrected chi connectivity index (χ4v) is 4.47. The molecule has 0 N–H and O–H groups in total. The Morgan fingerprint density at radius 3 is 2.81 bits per heavy atom. The monoisotopic (exact) mass is 420 g/mol. The van der Waals surface area contributed by atoms with E-state index in [2.05, 4.69) is 47.7 Å². The third-order valence-corrected chi connectivity index (χ3v) is 6.09. The van der Waals surface area contributed by atoms with Gasteiger partial charge in [-0.15, -0.1) is 0 Å². The first-order valence-corrected chi connectivity index (χ1v) is 10.9. The van der Waals surface area contributed by atoms with Gasteiger partial charge in [0, 0.05) is 29.3 Å². The molecule has 5 rings (SSSR count). The summed E-state index contributed by atoms with van der Waals surface area (Å²) in [5.41, 5.74) is 8.91. The zero-order valence-corrected chi connectivity index (χ0v) is 18.5. The van der Waals surface area contributed by atoms with Crippen molar-refractivity contribution < 1.29 is 4.74 Å². The minimum absolute atomic E-state index is 0.463. The maximum absolute atomic E-state index is 9.67. The molecule has 5 heteroatoms. The van der Waals surface area contributed by atoms with Crippen LogP contribution >= 0.6 is 0 Å². The molecule has 2 aromatic carbocycles. The largest absolute Gasteiger partial charge is 0.488 e. The van der Waals surface area contributed by atoms with Gasteiger partial charge in [0.05, 0.1) is 12.6 Å². The predicted octanol–water partition coefficient (Wildman–Crippen LogP) is 5.59. The van der Waals surface area contributed by atoms with Gasteiger partial charge in [-0.05, 0) is 54.3 Å². The molecule has 0 atom stereocenters. The number of para-hydroxylation sites is 1. The maximum Gasteiger partial charge on any atom is 0.160 e. The van der Waals surface area contributed by atoms with Crippen LogP contribution in [0.3, 0.4) is 0 Å². The number of hydrogen-bond acceptors (Lipinski definition) is 4. The van der Waals surface area contributed by atoms with Crippen molar-refractivity contribution in [1.82, 2.24) is 14.5 Å². The predicted molar refractivity (Wildman–Crippen MR) is 125 cm³/mol. The van der Waals surface area contributed by atoms with E-state index in [0.29, 0.717) is 18.7 Å². The van der Waals surface area contributed by atoms with Crippen LogP contribution in [0, 0.1) is 18.3 Å². The summed E-state index contributed by atoms with van der Waals surface area (Å²) in [4.78, 5) is 9.45. The van der Waals surface area contributed by atoms with Crippen LogP contribution in [-0.2, 0) is 19.6 Å². The Morgan fingerprint density at radius 2 is 2.00 bits per heavy atom. The molecule has 0 fully saturated rings. The molecule has 0 saturated heterocycles. The molecule has 4 aromatic rings. The van der Waals surface area contributed by atoms with E-state index in [1.54, 1.807) is 0 Å². The summed E-state index contributed by atoms with van der Waals surface area (Å²) >= 11 is 0. The molecule has 0 aliphatic carbocycles. The Balaban J connectivity index is 1.61. The van der Waals surface area contributed by atoms with Gasteiger partial charge in [0.25, 0.3) is 0 Å². The Morgan fingerprint density at radius 1 is 1.16 bits per heavy atom. The van der Waals surface area contributed by atoms with Gasteiger partial charge in [0.1, 0.15) is 23.7 Å². The average Bonchev–Trinajstić information content (AvgIpc) is 3.09. The molecule has 0 saturated carbocycles. The Hall–Kier alpha value is -3.91. The molecule has 0 amide bonds. The Bertz CT molecular complexity index is 1420. The van der Waals surface area contributed by atoms with E-state index in [9.17, 15) is 5.26 Å². The number of nitriles is 1. The molecule has 5 nitrogen and oxygen atoms in total. The van der Waals surface area contributed by atoms with Gasteiger partial charge in [-0.3, -0.25) is 0 Å². The normalized spacial score (nSPS) is 14.2. The first-order valence-electron chi connectivity index (χ1n) is 10.9. The Kier molecular flexibility index (Phi) is 4.99. The van der Waals surface area contributed by atoms with E-state index < -0.39 is 0 Å².